The molecule has 0 spiro atoms. The van der Waals surface area contributed by atoms with Gasteiger partial charge in [0.2, 0.25) is 0 Å². The number of rotatable bonds is 7. The number of allylic oxidation sites excluding steroid dienone is 1. The minimum atomic E-state index is -0.830. The van der Waals surface area contributed by atoms with Crippen LogP contribution in [0.2, 0.25) is 5.02 Å². The fourth-order valence-corrected chi connectivity index (χ4v) is 7.94. The van der Waals surface area contributed by atoms with Gasteiger partial charge in [0.15, 0.2) is 4.80 Å². The third-order valence-corrected chi connectivity index (χ3v) is 9.28. The topological polar surface area (TPSA) is 79.1 Å². The van der Waals surface area contributed by atoms with E-state index >= 15 is 0 Å². The Morgan fingerprint density at radius 1 is 1.10 bits per heavy atom. The maximum Gasteiger partial charge on any atom is 0.338 e. The van der Waals surface area contributed by atoms with Crippen molar-refractivity contribution < 1.29 is 19.0 Å². The largest absolute Gasteiger partial charge is 0.496 e. The molecule has 1 aliphatic heterocycles. The number of hydrogen-bond acceptors (Lipinski definition) is 7. The van der Waals surface area contributed by atoms with Gasteiger partial charge in [-0.05, 0) is 99.6 Å². The maximum absolute atomic E-state index is 14.0. The average molecular weight is 813 g/mol. The third kappa shape index (κ3) is 6.11. The molecule has 0 saturated carbocycles. The van der Waals surface area contributed by atoms with Crippen molar-refractivity contribution in [1.82, 2.24) is 4.57 Å². The number of esters is 1. The van der Waals surface area contributed by atoms with Crippen LogP contribution in [0.3, 0.4) is 0 Å². The second-order valence-corrected chi connectivity index (χ2v) is 12.8. The smallest absolute Gasteiger partial charge is 0.338 e. The van der Waals surface area contributed by atoms with Crippen LogP contribution in [-0.2, 0) is 16.1 Å². The fourth-order valence-electron chi connectivity index (χ4n) is 4.59. The van der Waals surface area contributed by atoms with Crippen molar-refractivity contribution in [1.29, 1.82) is 0 Å². The lowest BCUT2D eigenvalue weighted by molar-refractivity contribution is -0.136. The van der Waals surface area contributed by atoms with Gasteiger partial charge in [0.25, 0.3) is 5.56 Å². The highest BCUT2D eigenvalue weighted by atomic mass is 127. The molecular formula is C30H23ClI2N2O5S. The molecule has 7 nitrogen and oxygen atoms in total. The molecule has 0 radical (unpaired) electrons. The van der Waals surface area contributed by atoms with Crippen LogP contribution >= 0.6 is 68.1 Å². The Kier molecular flexibility index (Phi) is 9.21. The van der Waals surface area contributed by atoms with E-state index in [1.165, 1.54) is 30.1 Å². The number of methoxy groups -OCH3 is 2. The number of nitrogens with zero attached hydrogens (tertiary/aromatic N) is 2. The van der Waals surface area contributed by atoms with Gasteiger partial charge in [-0.2, -0.15) is 0 Å². The second kappa shape index (κ2) is 12.7. The van der Waals surface area contributed by atoms with Gasteiger partial charge < -0.3 is 14.2 Å². The normalized spacial score (nSPS) is 14.9. The van der Waals surface area contributed by atoms with E-state index < -0.39 is 12.0 Å². The molecule has 11 heteroatoms. The molecule has 0 fully saturated rings. The fraction of sp³-hybridized carbons (Fsp3) is 0.167. The quantitative estimate of drug-likeness (QED) is 0.173. The number of carbonyl (C=O) groups is 1. The highest BCUT2D eigenvalue weighted by molar-refractivity contribution is 14.1. The zero-order valence-corrected chi connectivity index (χ0v) is 28.0. The number of fused-ring (bicyclic) bond motifs is 1. The van der Waals surface area contributed by atoms with Gasteiger partial charge in [-0.25, -0.2) is 9.79 Å². The molecule has 1 aromatic heterocycles. The summed E-state index contributed by atoms with van der Waals surface area (Å²) in [5, 5.41) is 0.445. The number of ether oxygens (including phenoxy) is 3. The molecule has 210 valence electrons. The standard InChI is InChI=1S/C30H23ClI2N2O5S/c1-16-25(29(37)39-3)26(20-14-19(31)9-10-23(20)38-2)35-28(36)24(41-30(35)34-16)13-18-11-21(32)27(22(33)12-18)40-15-17-7-5-4-6-8-17/h4-14,26H,15H2,1-3H3/b24-13-/t26-/m1/s1. The molecule has 4 aromatic rings. The Morgan fingerprint density at radius 2 is 1.80 bits per heavy atom. The lowest BCUT2D eigenvalue weighted by Gasteiger charge is -2.25. The van der Waals surface area contributed by atoms with E-state index in [-0.39, 0.29) is 11.1 Å². The van der Waals surface area contributed by atoms with Gasteiger partial charge >= 0.3 is 5.97 Å². The molecule has 41 heavy (non-hydrogen) atoms. The lowest BCUT2D eigenvalue weighted by Crippen LogP contribution is -2.40. The predicted molar refractivity (Wildman–Crippen MR) is 176 cm³/mol. The number of aromatic nitrogens is 1. The molecular weight excluding hydrogens is 790 g/mol. The molecule has 0 N–H and O–H groups in total. The van der Waals surface area contributed by atoms with Gasteiger partial charge in [-0.1, -0.05) is 53.3 Å². The van der Waals surface area contributed by atoms with Gasteiger partial charge in [0.05, 0.1) is 37.2 Å². The first-order chi connectivity index (χ1) is 19.7. The van der Waals surface area contributed by atoms with Gasteiger partial charge in [-0.3, -0.25) is 9.36 Å². The van der Waals surface area contributed by atoms with Crippen molar-refractivity contribution in [3.8, 4) is 11.5 Å². The third-order valence-electron chi connectivity index (χ3n) is 6.46. The minimum absolute atomic E-state index is 0.246. The van der Waals surface area contributed by atoms with Crippen molar-refractivity contribution in [2.24, 2.45) is 4.99 Å². The molecule has 5 rings (SSSR count). The number of carbonyl (C=O) groups excluding carboxylic acids is 1. The number of benzene rings is 3. The zero-order valence-electron chi connectivity index (χ0n) is 22.1. The second-order valence-electron chi connectivity index (χ2n) is 9.05. The molecule has 0 amide bonds. The zero-order chi connectivity index (χ0) is 29.3. The van der Waals surface area contributed by atoms with Gasteiger partial charge in [0.1, 0.15) is 24.1 Å². The van der Waals surface area contributed by atoms with E-state index in [1.54, 1.807) is 25.1 Å². The van der Waals surface area contributed by atoms with Crippen LogP contribution < -0.4 is 24.4 Å². The van der Waals surface area contributed by atoms with Gasteiger partial charge in [0, 0.05) is 10.6 Å². The van der Waals surface area contributed by atoms with E-state index in [4.69, 9.17) is 25.8 Å². The molecule has 0 saturated heterocycles. The molecule has 2 heterocycles. The molecule has 0 bridgehead atoms. The van der Waals surface area contributed by atoms with Crippen molar-refractivity contribution in [3.63, 3.8) is 0 Å². The Hall–Kier alpha value is -2.68. The Bertz CT molecular complexity index is 1840. The summed E-state index contributed by atoms with van der Waals surface area (Å²) in [6.07, 6.45) is 1.83. The molecule has 0 aliphatic carbocycles. The van der Waals surface area contributed by atoms with Crippen LogP contribution in [0.25, 0.3) is 6.08 Å². The summed E-state index contributed by atoms with van der Waals surface area (Å²) in [4.78, 5) is 32.0. The summed E-state index contributed by atoms with van der Waals surface area (Å²) in [6.45, 7) is 2.19. The molecule has 0 unspecified atom stereocenters. The number of thiazole rings is 1. The van der Waals surface area contributed by atoms with Crippen LogP contribution in [0.15, 0.2) is 81.7 Å². The van der Waals surface area contributed by atoms with Crippen molar-refractivity contribution in [3.05, 3.63) is 120 Å². The molecule has 1 atom stereocenters. The summed E-state index contributed by atoms with van der Waals surface area (Å²) in [5.41, 5.74) is 2.90. The van der Waals surface area contributed by atoms with Crippen LogP contribution in [0.4, 0.5) is 0 Å². The maximum atomic E-state index is 14.0. The number of halogens is 3. The van der Waals surface area contributed by atoms with E-state index in [1.807, 2.05) is 48.5 Å². The first-order valence-corrected chi connectivity index (χ1v) is 15.7. The van der Waals surface area contributed by atoms with Crippen LogP contribution in [0, 0.1) is 7.14 Å². The van der Waals surface area contributed by atoms with Crippen LogP contribution in [0.1, 0.15) is 29.7 Å². The lowest BCUT2D eigenvalue weighted by atomic mass is 9.95. The van der Waals surface area contributed by atoms with E-state index in [0.29, 0.717) is 38.0 Å². The Labute approximate surface area is 272 Å². The summed E-state index contributed by atoms with van der Waals surface area (Å²) in [5.74, 6) is 0.697. The highest BCUT2D eigenvalue weighted by Crippen LogP contribution is 2.37. The minimum Gasteiger partial charge on any atom is -0.496 e. The average Bonchev–Trinajstić information content (AvgIpc) is 3.25. The summed E-state index contributed by atoms with van der Waals surface area (Å²) in [7, 11) is 2.83. The first-order valence-electron chi connectivity index (χ1n) is 12.3. The Morgan fingerprint density at radius 3 is 2.46 bits per heavy atom. The van der Waals surface area contributed by atoms with Crippen molar-refractivity contribution in [2.75, 3.05) is 14.2 Å². The first kappa shape index (κ1) is 29.8. The summed E-state index contributed by atoms with van der Waals surface area (Å²) in [6, 6.07) is 18.2. The SMILES string of the molecule is COC(=O)C1=C(C)N=c2s/c(=C\c3cc(I)c(OCc4ccccc4)c(I)c3)c(=O)n2[C@@H]1c1cc(Cl)ccc1OC. The van der Waals surface area contributed by atoms with Crippen LogP contribution in [0.5, 0.6) is 11.5 Å². The van der Waals surface area contributed by atoms with E-state index in [9.17, 15) is 9.59 Å². The van der Waals surface area contributed by atoms with Crippen LogP contribution in [-0.4, -0.2) is 24.8 Å². The number of hydrogen-bond donors (Lipinski definition) is 0. The molecule has 1 aliphatic rings. The summed E-state index contributed by atoms with van der Waals surface area (Å²) >= 11 is 12.1. The molecule has 3 aromatic carbocycles. The predicted octanol–water partition coefficient (Wildman–Crippen LogP) is 5.86. The van der Waals surface area contributed by atoms with E-state index in [2.05, 4.69) is 50.2 Å². The van der Waals surface area contributed by atoms with Crippen molar-refractivity contribution >= 4 is 80.2 Å². The monoisotopic (exact) mass is 812 g/mol. The Balaban J connectivity index is 1.61. The van der Waals surface area contributed by atoms with Crippen molar-refractivity contribution in [2.45, 2.75) is 19.6 Å². The summed E-state index contributed by atoms with van der Waals surface area (Å²) < 4.78 is 20.6. The van der Waals surface area contributed by atoms with Gasteiger partial charge in [-0.15, -0.1) is 0 Å². The highest BCUT2D eigenvalue weighted by Gasteiger charge is 2.35. The van der Waals surface area contributed by atoms with E-state index in [0.717, 1.165) is 24.0 Å².